The Hall–Kier alpha value is -0.810. The molecule has 0 amide bonds. The lowest BCUT2D eigenvalue weighted by molar-refractivity contribution is 0.322. The molecule has 0 unspecified atom stereocenters. The van der Waals surface area contributed by atoms with Gasteiger partial charge in [0.05, 0.1) is 10.7 Å². The number of nitrogens with zero attached hydrogens (tertiary/aromatic N) is 1. The molecule has 2 rings (SSSR count). The Morgan fingerprint density at radius 1 is 1.21 bits per heavy atom. The summed E-state index contributed by atoms with van der Waals surface area (Å²) in [5, 5.41) is 0. The van der Waals surface area contributed by atoms with Gasteiger partial charge in [0.2, 0.25) is 0 Å². The minimum Gasteiger partial charge on any atom is -0.410 e. The van der Waals surface area contributed by atoms with Gasteiger partial charge in [-0.2, -0.15) is 4.98 Å². The van der Waals surface area contributed by atoms with E-state index >= 15 is 0 Å². The van der Waals surface area contributed by atoms with Gasteiger partial charge in [-0.25, -0.2) is 0 Å². The van der Waals surface area contributed by atoms with Gasteiger partial charge in [-0.15, -0.1) is 0 Å². The molecule has 72 valence electrons. The minimum absolute atomic E-state index is 0.212. The summed E-state index contributed by atoms with van der Waals surface area (Å²) in [6, 6.07) is 7.48. The van der Waals surface area contributed by atoms with E-state index in [1.54, 1.807) is 0 Å². The number of hydrogen-bond acceptors (Lipinski definition) is 3. The van der Waals surface area contributed by atoms with E-state index in [0.29, 0.717) is 10.4 Å². The van der Waals surface area contributed by atoms with Crippen LogP contribution in [0.3, 0.4) is 0 Å². The van der Waals surface area contributed by atoms with Crippen molar-refractivity contribution >= 4 is 31.9 Å². The average molecular weight is 319 g/mol. The molecule has 1 aromatic carbocycles. The van der Waals surface area contributed by atoms with Crippen LogP contribution in [0, 0.1) is 0 Å². The van der Waals surface area contributed by atoms with Crippen molar-refractivity contribution in [2.75, 3.05) is 0 Å². The van der Waals surface area contributed by atoms with Crippen molar-refractivity contribution in [3.8, 4) is 11.8 Å². The van der Waals surface area contributed by atoms with E-state index in [0.717, 1.165) is 4.47 Å². The zero-order valence-electron chi connectivity index (χ0n) is 6.91. The van der Waals surface area contributed by atoms with Gasteiger partial charge >= 0.3 is 6.08 Å². The molecule has 14 heavy (non-hydrogen) atoms. The number of aromatic nitrogens is 1. The van der Waals surface area contributed by atoms with E-state index in [2.05, 4.69) is 36.8 Å². The fourth-order valence-corrected chi connectivity index (χ4v) is 1.51. The Morgan fingerprint density at radius 3 is 2.64 bits per heavy atom. The maximum Gasteiger partial charge on any atom is 0.400 e. The van der Waals surface area contributed by atoms with Gasteiger partial charge in [-0.05, 0) is 44.0 Å². The molecule has 0 aliphatic rings. The van der Waals surface area contributed by atoms with Gasteiger partial charge < -0.3 is 9.15 Å². The highest BCUT2D eigenvalue weighted by atomic mass is 79.9. The first-order valence-corrected chi connectivity index (χ1v) is 5.38. The fraction of sp³-hybridized carbons (Fsp3) is 0. The topological polar surface area (TPSA) is 35.3 Å². The highest BCUT2D eigenvalue weighted by molar-refractivity contribution is 9.10. The Kier molecular flexibility index (Phi) is 2.88. The Labute approximate surface area is 97.4 Å². The van der Waals surface area contributed by atoms with Crippen LogP contribution in [-0.2, 0) is 0 Å². The van der Waals surface area contributed by atoms with Crippen LogP contribution in [0.2, 0.25) is 0 Å². The first-order chi connectivity index (χ1) is 6.75. The van der Waals surface area contributed by atoms with Crippen molar-refractivity contribution in [3.05, 3.63) is 39.6 Å². The number of oxazole rings is 1. The normalized spacial score (nSPS) is 10.1. The SMILES string of the molecule is Brc1cnc(Oc2ccccc2Br)o1. The van der Waals surface area contributed by atoms with Crippen LogP contribution in [-0.4, -0.2) is 4.98 Å². The van der Waals surface area contributed by atoms with Gasteiger partial charge in [0, 0.05) is 0 Å². The van der Waals surface area contributed by atoms with Crippen LogP contribution in [0.25, 0.3) is 0 Å². The summed E-state index contributed by atoms with van der Waals surface area (Å²) in [4.78, 5) is 3.90. The van der Waals surface area contributed by atoms with Gasteiger partial charge in [0.1, 0.15) is 5.75 Å². The van der Waals surface area contributed by atoms with Crippen LogP contribution in [0.5, 0.6) is 11.8 Å². The molecule has 5 heteroatoms. The molecule has 0 fully saturated rings. The fourth-order valence-electron chi connectivity index (χ4n) is 0.908. The van der Waals surface area contributed by atoms with Gasteiger partial charge in [0.25, 0.3) is 0 Å². The van der Waals surface area contributed by atoms with Crippen molar-refractivity contribution in [1.82, 2.24) is 4.98 Å². The second-order valence-corrected chi connectivity index (χ2v) is 4.10. The molecule has 0 aliphatic carbocycles. The highest BCUT2D eigenvalue weighted by Crippen LogP contribution is 2.29. The van der Waals surface area contributed by atoms with Crippen molar-refractivity contribution in [3.63, 3.8) is 0 Å². The standard InChI is InChI=1S/C9H5Br2NO2/c10-6-3-1-2-4-7(6)13-9-12-5-8(11)14-9/h1-5H. The van der Waals surface area contributed by atoms with E-state index in [-0.39, 0.29) is 6.08 Å². The van der Waals surface area contributed by atoms with Crippen LogP contribution in [0.15, 0.2) is 44.0 Å². The molecule has 2 aromatic rings. The quantitative estimate of drug-likeness (QED) is 0.839. The predicted octanol–water partition coefficient (Wildman–Crippen LogP) is 3.99. The number of rotatable bonds is 2. The molecule has 0 radical (unpaired) electrons. The maximum absolute atomic E-state index is 5.38. The Balaban J connectivity index is 2.23. The van der Waals surface area contributed by atoms with E-state index < -0.39 is 0 Å². The Bertz CT molecular complexity index is 442. The smallest absolute Gasteiger partial charge is 0.400 e. The summed E-state index contributed by atoms with van der Waals surface area (Å²) in [6.07, 6.45) is 1.75. The van der Waals surface area contributed by atoms with Crippen molar-refractivity contribution in [2.45, 2.75) is 0 Å². The molecule has 0 saturated heterocycles. The van der Waals surface area contributed by atoms with Crippen molar-refractivity contribution in [2.24, 2.45) is 0 Å². The molecular formula is C9H5Br2NO2. The summed E-state index contributed by atoms with van der Waals surface area (Å²) >= 11 is 6.50. The average Bonchev–Trinajstić information content (AvgIpc) is 2.56. The molecule has 0 saturated carbocycles. The minimum atomic E-state index is 0.212. The molecule has 1 aromatic heterocycles. The lowest BCUT2D eigenvalue weighted by Crippen LogP contribution is -1.84. The van der Waals surface area contributed by atoms with Crippen LogP contribution < -0.4 is 4.74 Å². The molecular weight excluding hydrogens is 314 g/mol. The number of hydrogen-bond donors (Lipinski definition) is 0. The second-order valence-electron chi connectivity index (χ2n) is 2.46. The van der Waals surface area contributed by atoms with Crippen molar-refractivity contribution < 1.29 is 9.15 Å². The predicted molar refractivity (Wildman–Crippen MR) is 58.4 cm³/mol. The number of para-hydroxylation sites is 1. The summed E-state index contributed by atoms with van der Waals surface area (Å²) in [5.74, 6) is 0.668. The Morgan fingerprint density at radius 2 is 2.00 bits per heavy atom. The van der Waals surface area contributed by atoms with Gasteiger partial charge in [0.15, 0.2) is 4.67 Å². The van der Waals surface area contributed by atoms with E-state index in [9.17, 15) is 0 Å². The molecule has 0 bridgehead atoms. The van der Waals surface area contributed by atoms with E-state index in [4.69, 9.17) is 9.15 Å². The van der Waals surface area contributed by atoms with Gasteiger partial charge in [-0.1, -0.05) is 12.1 Å². The third-order valence-electron chi connectivity index (χ3n) is 1.49. The molecule has 1 heterocycles. The second kappa shape index (κ2) is 4.14. The third kappa shape index (κ3) is 2.16. The van der Waals surface area contributed by atoms with Crippen LogP contribution in [0.1, 0.15) is 0 Å². The molecule has 0 spiro atoms. The number of benzene rings is 1. The van der Waals surface area contributed by atoms with E-state index in [1.165, 1.54) is 6.20 Å². The maximum atomic E-state index is 5.38. The molecule has 3 nitrogen and oxygen atoms in total. The summed E-state index contributed by atoms with van der Waals surface area (Å²) in [7, 11) is 0. The zero-order chi connectivity index (χ0) is 9.97. The lowest BCUT2D eigenvalue weighted by Gasteiger charge is -2.01. The third-order valence-corrected chi connectivity index (χ3v) is 2.51. The first-order valence-electron chi connectivity index (χ1n) is 3.79. The molecule has 0 N–H and O–H groups in total. The van der Waals surface area contributed by atoms with E-state index in [1.807, 2.05) is 24.3 Å². The number of ether oxygens (including phenoxy) is 1. The zero-order valence-corrected chi connectivity index (χ0v) is 10.1. The molecule has 0 atom stereocenters. The first kappa shape index (κ1) is 9.73. The molecule has 0 aliphatic heterocycles. The lowest BCUT2D eigenvalue weighted by atomic mass is 10.3. The highest BCUT2D eigenvalue weighted by Gasteiger charge is 2.06. The monoisotopic (exact) mass is 317 g/mol. The van der Waals surface area contributed by atoms with Crippen LogP contribution in [0.4, 0.5) is 0 Å². The largest absolute Gasteiger partial charge is 0.410 e. The van der Waals surface area contributed by atoms with Gasteiger partial charge in [-0.3, -0.25) is 0 Å². The summed E-state index contributed by atoms with van der Waals surface area (Å²) in [6.45, 7) is 0. The van der Waals surface area contributed by atoms with Crippen molar-refractivity contribution in [1.29, 1.82) is 0 Å². The number of halogens is 2. The summed E-state index contributed by atoms with van der Waals surface area (Å²) < 4.78 is 11.9. The van der Waals surface area contributed by atoms with Crippen LogP contribution >= 0.6 is 31.9 Å². The summed E-state index contributed by atoms with van der Waals surface area (Å²) in [5.41, 5.74) is 0.